The molecule has 0 amide bonds. The number of hydrogen-bond acceptors (Lipinski definition) is 6. The van der Waals surface area contributed by atoms with Crippen LogP contribution in [0.15, 0.2) is 73.3 Å². The summed E-state index contributed by atoms with van der Waals surface area (Å²) in [5.41, 5.74) is 1.33. The van der Waals surface area contributed by atoms with Crippen LogP contribution in [0.2, 0.25) is 15.0 Å². The van der Waals surface area contributed by atoms with Crippen LogP contribution in [0.4, 0.5) is 0 Å². The molecule has 0 saturated carbocycles. The molecule has 2 fully saturated rings. The summed E-state index contributed by atoms with van der Waals surface area (Å²) < 4.78 is 22.5. The van der Waals surface area contributed by atoms with E-state index in [0.29, 0.717) is 17.3 Å². The van der Waals surface area contributed by atoms with Crippen molar-refractivity contribution in [1.29, 1.82) is 0 Å². The molecule has 4 aromatic rings. The van der Waals surface area contributed by atoms with Gasteiger partial charge in [0.2, 0.25) is 0 Å². The van der Waals surface area contributed by atoms with Gasteiger partial charge in [-0.05, 0) is 0 Å². The number of halogens is 1. The molecule has 0 unspecified atom stereocenters. The van der Waals surface area contributed by atoms with Gasteiger partial charge in [-0.3, -0.25) is 0 Å². The van der Waals surface area contributed by atoms with Crippen molar-refractivity contribution in [2.45, 2.75) is 67.4 Å². The van der Waals surface area contributed by atoms with E-state index in [2.05, 4.69) is 101 Å². The molecule has 0 spiro atoms. The first-order chi connectivity index (χ1) is 18.6. The van der Waals surface area contributed by atoms with E-state index in [1.54, 1.807) is 0 Å². The third-order valence-electron chi connectivity index (χ3n) is 7.59. The fourth-order valence-electron chi connectivity index (χ4n) is 6.00. The Balaban J connectivity index is 1.38. The summed E-state index contributed by atoms with van der Waals surface area (Å²) in [4.78, 5) is 13.4. The molecule has 0 N–H and O–H groups in total. The van der Waals surface area contributed by atoms with E-state index in [9.17, 15) is 0 Å². The van der Waals surface area contributed by atoms with Gasteiger partial charge >= 0.3 is 242 Å². The van der Waals surface area contributed by atoms with Gasteiger partial charge in [0.15, 0.2) is 0 Å². The number of fused-ring (bicyclic) bond motifs is 2. The summed E-state index contributed by atoms with van der Waals surface area (Å²) in [6.45, 7) is 11.5. The van der Waals surface area contributed by atoms with Gasteiger partial charge < -0.3 is 0 Å². The molecule has 2 aromatic heterocycles. The maximum absolute atomic E-state index is 7.35. The van der Waals surface area contributed by atoms with E-state index in [0.717, 1.165) is 5.65 Å². The third kappa shape index (κ3) is 4.68. The van der Waals surface area contributed by atoms with Crippen LogP contribution in [0.3, 0.4) is 0 Å². The van der Waals surface area contributed by atoms with Crippen molar-refractivity contribution in [3.63, 3.8) is 0 Å². The van der Waals surface area contributed by atoms with Crippen LogP contribution < -0.4 is 10.4 Å². The molecule has 7 nitrogen and oxygen atoms in total. The predicted molar refractivity (Wildman–Crippen MR) is 156 cm³/mol. The maximum atomic E-state index is 7.35. The molecule has 2 aliphatic heterocycles. The van der Waals surface area contributed by atoms with Gasteiger partial charge in [0.05, 0.1) is 0 Å². The van der Waals surface area contributed by atoms with E-state index in [1.807, 2.05) is 20.2 Å². The van der Waals surface area contributed by atoms with Crippen LogP contribution in [0.1, 0.15) is 39.6 Å². The van der Waals surface area contributed by atoms with Gasteiger partial charge in [-0.2, -0.15) is 0 Å². The van der Waals surface area contributed by atoms with Crippen molar-refractivity contribution in [3.05, 3.63) is 78.5 Å². The van der Waals surface area contributed by atoms with Crippen LogP contribution >= 0.6 is 11.6 Å². The SMILES string of the molecule is CC1(C)O[C@@H]2[C@H](O1)[C@@H](CO[Si](c1ccccc1)(c1ccccc1)C(C)(C)C)[Se][C@@H]2n1cnc2c(Cl)ncnc21. The Bertz CT molecular complexity index is 1420. The molecule has 2 aromatic carbocycles. The summed E-state index contributed by atoms with van der Waals surface area (Å²) in [7, 11) is -2.68. The van der Waals surface area contributed by atoms with Crippen molar-refractivity contribution < 1.29 is 13.9 Å². The molecular formula is C29H33ClN4O3SeSi. The molecule has 0 aliphatic carbocycles. The van der Waals surface area contributed by atoms with Crippen LogP contribution in [0.5, 0.6) is 0 Å². The minimum atomic E-state index is -2.68. The summed E-state index contributed by atoms with van der Waals surface area (Å²) >= 11 is 6.41. The Morgan fingerprint density at radius 2 is 1.56 bits per heavy atom. The average molecular weight is 628 g/mol. The Morgan fingerprint density at radius 1 is 0.949 bits per heavy atom. The molecule has 0 bridgehead atoms. The zero-order valence-corrected chi connectivity index (χ0v) is 26.2. The number of rotatable bonds is 6. The van der Waals surface area contributed by atoms with Crippen molar-refractivity contribution >= 4 is 56.4 Å². The van der Waals surface area contributed by atoms with E-state index in [4.69, 9.17) is 25.5 Å². The molecule has 4 atom stereocenters. The second-order valence-electron chi connectivity index (χ2n) is 11.6. The minimum absolute atomic E-state index is 0.0491. The number of nitrogens with zero attached hydrogens (tertiary/aromatic N) is 4. The predicted octanol–water partition coefficient (Wildman–Crippen LogP) is 4.58. The summed E-state index contributed by atoms with van der Waals surface area (Å²) in [5.74, 6) is -0.678. The van der Waals surface area contributed by atoms with Crippen molar-refractivity contribution in [2.75, 3.05) is 6.61 Å². The molecule has 10 heteroatoms. The van der Waals surface area contributed by atoms with Gasteiger partial charge in [-0.15, -0.1) is 0 Å². The second kappa shape index (κ2) is 10.1. The Hall–Kier alpha value is -2.10. The van der Waals surface area contributed by atoms with Gasteiger partial charge in [0.25, 0.3) is 0 Å². The van der Waals surface area contributed by atoms with E-state index >= 15 is 0 Å². The number of ether oxygens (including phenoxy) is 2. The van der Waals surface area contributed by atoms with E-state index in [-0.39, 0.29) is 42.0 Å². The zero-order valence-electron chi connectivity index (χ0n) is 22.7. The first-order valence-electron chi connectivity index (χ1n) is 13.2. The van der Waals surface area contributed by atoms with Crippen LogP contribution in [-0.2, 0) is 13.9 Å². The van der Waals surface area contributed by atoms with Gasteiger partial charge in [-0.25, -0.2) is 0 Å². The molecular weight excluding hydrogens is 595 g/mol. The average Bonchev–Trinajstić information content (AvgIpc) is 3.56. The second-order valence-corrected chi connectivity index (χ2v) is 19.1. The first-order valence-corrected chi connectivity index (χ1v) is 17.5. The number of hydrogen-bond donors (Lipinski definition) is 0. The topological polar surface area (TPSA) is 71.3 Å². The molecule has 4 heterocycles. The fourth-order valence-corrected chi connectivity index (χ4v) is 14.2. The zero-order chi connectivity index (χ0) is 27.4. The Morgan fingerprint density at radius 3 is 2.18 bits per heavy atom. The Kier molecular flexibility index (Phi) is 6.99. The molecule has 0 radical (unpaired) electrons. The molecule has 39 heavy (non-hydrogen) atoms. The fraction of sp³-hybridized carbons (Fsp3) is 0.414. The molecule has 2 aliphatic rings. The Labute approximate surface area is 241 Å². The van der Waals surface area contributed by atoms with E-state index < -0.39 is 14.1 Å². The monoisotopic (exact) mass is 628 g/mol. The van der Waals surface area contributed by atoms with Crippen molar-refractivity contribution in [1.82, 2.24) is 19.5 Å². The van der Waals surface area contributed by atoms with Gasteiger partial charge in [-0.1, -0.05) is 0 Å². The summed E-state index contributed by atoms with van der Waals surface area (Å²) in [6, 6.07) is 21.5. The van der Waals surface area contributed by atoms with Crippen LogP contribution in [-0.4, -0.2) is 67.4 Å². The standard InChI is InChI=1S/C29H33ClN4O3SeSi/c1-28(2,3)39(19-12-8-6-9-13-19,20-14-10-7-11-15-20)35-16-21-23-24(37-29(4,5)36-23)27(38-21)34-18-33-22-25(30)31-17-32-26(22)34/h6-15,17-18,21,23-24,27H,16H2,1-5H3/t21-,23-,24-,27+/m1/s1. The van der Waals surface area contributed by atoms with Crippen LogP contribution in [0, 0.1) is 0 Å². The van der Waals surface area contributed by atoms with E-state index in [1.165, 1.54) is 16.7 Å². The van der Waals surface area contributed by atoms with Gasteiger partial charge in [0.1, 0.15) is 0 Å². The molecule has 6 rings (SSSR count). The summed E-state index contributed by atoms with van der Waals surface area (Å²) in [6.07, 6.45) is 3.09. The first kappa shape index (κ1) is 27.1. The quantitative estimate of drug-likeness (QED) is 0.230. The number of imidazole rings is 1. The van der Waals surface area contributed by atoms with Crippen LogP contribution in [0.25, 0.3) is 11.2 Å². The normalized spacial score (nSPS) is 24.8. The summed E-state index contributed by atoms with van der Waals surface area (Å²) in [5, 5.41) is 2.81. The molecule has 2 saturated heterocycles. The third-order valence-corrected chi connectivity index (χ3v) is 16.1. The number of benzene rings is 2. The van der Waals surface area contributed by atoms with Gasteiger partial charge in [0, 0.05) is 0 Å². The molecule has 204 valence electrons. The van der Waals surface area contributed by atoms with Crippen molar-refractivity contribution in [3.8, 4) is 0 Å². The number of aromatic nitrogens is 4. The van der Waals surface area contributed by atoms with Crippen molar-refractivity contribution in [2.24, 2.45) is 0 Å².